The molecule has 8 nitrogen and oxygen atoms in total. The van der Waals surface area contributed by atoms with Gasteiger partial charge in [0.1, 0.15) is 0 Å². The minimum absolute atomic E-state index is 0.0106. The van der Waals surface area contributed by atoms with E-state index in [2.05, 4.69) is 21.3 Å². The first-order chi connectivity index (χ1) is 19.0. The third-order valence-electron chi connectivity index (χ3n) is 7.82. The van der Waals surface area contributed by atoms with Crippen LogP contribution in [0.25, 0.3) is 0 Å². The lowest BCUT2D eigenvalue weighted by Gasteiger charge is -2.16. The second-order valence-corrected chi connectivity index (χ2v) is 14.0. The number of Topliss-reactive ketones (excluding diaryl/α,β-unsaturated/α-hetero) is 2. The lowest BCUT2D eigenvalue weighted by atomic mass is 9.99. The van der Waals surface area contributed by atoms with Crippen molar-refractivity contribution in [3.05, 3.63) is 46.2 Å². The van der Waals surface area contributed by atoms with Gasteiger partial charge in [0.05, 0.1) is 29.0 Å². The van der Waals surface area contributed by atoms with Gasteiger partial charge in [0.15, 0.2) is 11.6 Å². The lowest BCUT2D eigenvalue weighted by Crippen LogP contribution is -2.36. The summed E-state index contributed by atoms with van der Waals surface area (Å²) in [6.07, 6.45) is 6.08. The summed E-state index contributed by atoms with van der Waals surface area (Å²) in [5.74, 6) is 1.90. The summed E-state index contributed by atoms with van der Waals surface area (Å²) in [5, 5.41) is 14.6. The van der Waals surface area contributed by atoms with Gasteiger partial charge >= 0.3 is 12.1 Å². The second kappa shape index (κ2) is 13.4. The Balaban J connectivity index is 1.12. The molecule has 1 aromatic heterocycles. The Morgan fingerprint density at radius 2 is 1.28 bits per heavy atom. The standard InChI is InChI=1S/C28H36N4O4S3/c33-20(10-4-6-12-22-24-18(15-38-22)29-27(35)31-24)17-9-3-1-2-8-14-37-26(17)21(34)11-5-7-13-23-25-19(16-39-23)30-28(36)32-25/h1-3,8-9,14,18-19,22-25H,4-7,10-13,15-16H2,(H2,29,31,35)(H2,30,32,36)/t18-,19-,22-,23-,24-,25-/m0/s1. The molecule has 210 valence electrons. The number of hydrogen-bond acceptors (Lipinski definition) is 7. The van der Waals surface area contributed by atoms with Gasteiger partial charge in [-0.3, -0.25) is 9.59 Å². The lowest BCUT2D eigenvalue weighted by molar-refractivity contribution is 0.0949. The second-order valence-electron chi connectivity index (χ2n) is 10.5. The van der Waals surface area contributed by atoms with Gasteiger partial charge < -0.3 is 21.3 Å². The average Bonchev–Trinajstić information content (AvgIpc) is 3.67. The highest BCUT2D eigenvalue weighted by atomic mass is 32.2. The number of thioether (sulfide) groups is 2. The van der Waals surface area contributed by atoms with Crippen LogP contribution in [0.15, 0.2) is 35.7 Å². The van der Waals surface area contributed by atoms with Crippen LogP contribution in [0.5, 0.6) is 0 Å². The maximum atomic E-state index is 13.3. The maximum absolute atomic E-state index is 13.3. The fourth-order valence-corrected chi connectivity index (χ4v) is 9.74. The molecule has 0 spiro atoms. The summed E-state index contributed by atoms with van der Waals surface area (Å²) in [5.41, 5.74) is 0.512. The van der Waals surface area contributed by atoms with E-state index in [4.69, 9.17) is 0 Å². The fraction of sp³-hybridized carbons (Fsp3) is 0.571. The molecule has 0 unspecified atom stereocenters. The summed E-state index contributed by atoms with van der Waals surface area (Å²) in [6, 6.07) is 9.91. The molecule has 4 amide bonds. The molecule has 4 aliphatic heterocycles. The van der Waals surface area contributed by atoms with Crippen molar-refractivity contribution in [2.24, 2.45) is 0 Å². The van der Waals surface area contributed by atoms with Crippen molar-refractivity contribution < 1.29 is 19.2 Å². The van der Waals surface area contributed by atoms with E-state index in [0.717, 1.165) is 50.0 Å². The Bertz CT molecular complexity index is 1060. The summed E-state index contributed by atoms with van der Waals surface area (Å²) in [6.45, 7) is 0. The molecule has 0 bridgehead atoms. The van der Waals surface area contributed by atoms with Crippen molar-refractivity contribution in [1.82, 2.24) is 21.3 Å². The monoisotopic (exact) mass is 588 g/mol. The third-order valence-corrected chi connectivity index (χ3v) is 11.8. The van der Waals surface area contributed by atoms with Gasteiger partial charge in [-0.1, -0.05) is 37.1 Å². The topological polar surface area (TPSA) is 116 Å². The number of hydrogen-bond donors (Lipinski definition) is 4. The van der Waals surface area contributed by atoms with Gasteiger partial charge in [-0.05, 0) is 37.1 Å². The number of urea groups is 2. The molecule has 11 heteroatoms. The Labute approximate surface area is 241 Å². The van der Waals surface area contributed by atoms with E-state index in [1.165, 1.54) is 11.3 Å². The molecule has 0 aromatic carbocycles. The van der Waals surface area contributed by atoms with Gasteiger partial charge in [0, 0.05) is 40.4 Å². The summed E-state index contributed by atoms with van der Waals surface area (Å²) in [7, 11) is 0. The van der Waals surface area contributed by atoms with Crippen molar-refractivity contribution in [2.75, 3.05) is 11.5 Å². The highest BCUT2D eigenvalue weighted by Crippen LogP contribution is 2.34. The Morgan fingerprint density at radius 1 is 0.718 bits per heavy atom. The summed E-state index contributed by atoms with van der Waals surface area (Å²) >= 11 is 5.11. The van der Waals surface area contributed by atoms with Gasteiger partial charge in [0.25, 0.3) is 0 Å². The number of amides is 4. The molecule has 5 rings (SSSR count). The van der Waals surface area contributed by atoms with Gasteiger partial charge in [-0.2, -0.15) is 23.5 Å². The van der Waals surface area contributed by atoms with E-state index < -0.39 is 0 Å². The van der Waals surface area contributed by atoms with Crippen LogP contribution in [0.3, 0.4) is 0 Å². The molecule has 4 fully saturated rings. The SMILES string of the molecule is O=C1N[C@H]2[C@H](CS[C@H]2CCCCC(=O)c2ccccccsc2C(=O)CCCC[C@@H]2SC[C@@H]3NC(=O)N[C@@H]32)N1. The third kappa shape index (κ3) is 7.10. The first-order valence-corrected chi connectivity index (χ1v) is 16.8. The number of fused-ring (bicyclic) bond motifs is 2. The molecule has 39 heavy (non-hydrogen) atoms. The van der Waals surface area contributed by atoms with Crippen LogP contribution in [0, 0.1) is 0 Å². The molecule has 5 heterocycles. The van der Waals surface area contributed by atoms with Crippen LogP contribution in [-0.2, 0) is 0 Å². The minimum Gasteiger partial charge on any atom is -0.332 e. The zero-order valence-electron chi connectivity index (χ0n) is 21.9. The van der Waals surface area contributed by atoms with Gasteiger partial charge in [0.2, 0.25) is 0 Å². The van der Waals surface area contributed by atoms with Crippen LogP contribution >= 0.6 is 34.9 Å². The van der Waals surface area contributed by atoms with Crippen LogP contribution in [-0.4, -0.2) is 69.8 Å². The van der Waals surface area contributed by atoms with Crippen molar-refractivity contribution in [3.8, 4) is 0 Å². The van der Waals surface area contributed by atoms with E-state index >= 15 is 0 Å². The van der Waals surface area contributed by atoms with Crippen LogP contribution in [0.1, 0.15) is 71.4 Å². The van der Waals surface area contributed by atoms with E-state index in [0.29, 0.717) is 33.8 Å². The van der Waals surface area contributed by atoms with E-state index in [-0.39, 0.29) is 47.8 Å². The fourth-order valence-electron chi connectivity index (χ4n) is 5.80. The number of unbranched alkanes of at least 4 members (excludes halogenated alkanes) is 2. The number of rotatable bonds is 12. The first-order valence-electron chi connectivity index (χ1n) is 13.8. The highest BCUT2D eigenvalue weighted by molar-refractivity contribution is 8.00. The van der Waals surface area contributed by atoms with E-state index in [9.17, 15) is 19.2 Å². The zero-order valence-corrected chi connectivity index (χ0v) is 24.3. The molecule has 6 atom stereocenters. The van der Waals surface area contributed by atoms with Crippen LogP contribution in [0.4, 0.5) is 9.59 Å². The minimum atomic E-state index is -0.0760. The number of carbonyl (C=O) groups is 4. The zero-order chi connectivity index (χ0) is 27.2. The molecular formula is C28H36N4O4S3. The maximum Gasteiger partial charge on any atom is 0.315 e. The molecule has 4 N–H and O–H groups in total. The van der Waals surface area contributed by atoms with Crippen molar-refractivity contribution in [3.63, 3.8) is 0 Å². The Morgan fingerprint density at radius 3 is 1.90 bits per heavy atom. The largest absolute Gasteiger partial charge is 0.332 e. The average molecular weight is 589 g/mol. The first kappa shape index (κ1) is 28.3. The number of nitrogens with one attached hydrogen (secondary N) is 4. The molecular weight excluding hydrogens is 553 g/mol. The molecule has 0 radical (unpaired) electrons. The predicted octanol–water partition coefficient (Wildman–Crippen LogP) is 4.69. The molecule has 1 aromatic rings. The van der Waals surface area contributed by atoms with Crippen LogP contribution < -0.4 is 21.3 Å². The molecule has 0 saturated carbocycles. The molecule has 4 saturated heterocycles. The number of carbonyl (C=O) groups excluding carboxylic acids is 4. The quantitative estimate of drug-likeness (QED) is 0.160. The number of ketones is 2. The molecule has 0 aliphatic carbocycles. The predicted molar refractivity (Wildman–Crippen MR) is 159 cm³/mol. The van der Waals surface area contributed by atoms with Crippen LogP contribution in [0.2, 0.25) is 0 Å². The van der Waals surface area contributed by atoms with Gasteiger partial charge in [-0.15, -0.1) is 11.3 Å². The van der Waals surface area contributed by atoms with Gasteiger partial charge in [-0.25, -0.2) is 9.59 Å². The van der Waals surface area contributed by atoms with E-state index in [1.807, 2.05) is 53.2 Å². The van der Waals surface area contributed by atoms with Crippen molar-refractivity contribution in [2.45, 2.75) is 86.0 Å². The summed E-state index contributed by atoms with van der Waals surface area (Å²) < 4.78 is 0. The highest BCUT2D eigenvalue weighted by Gasteiger charge is 2.43. The normalized spacial score (nSPS) is 28.5. The van der Waals surface area contributed by atoms with Crippen molar-refractivity contribution in [1.29, 1.82) is 0 Å². The Kier molecular flexibility index (Phi) is 9.73. The smallest absolute Gasteiger partial charge is 0.315 e. The Hall–Kier alpha value is -2.24. The molecule has 4 aliphatic rings. The van der Waals surface area contributed by atoms with E-state index in [1.54, 1.807) is 6.07 Å². The summed E-state index contributed by atoms with van der Waals surface area (Å²) in [4.78, 5) is 50.4. The van der Waals surface area contributed by atoms with Crippen molar-refractivity contribution >= 4 is 58.5 Å².